The molecule has 1 atom stereocenters. The highest BCUT2D eigenvalue weighted by atomic mass is 32.1. The van der Waals surface area contributed by atoms with E-state index < -0.39 is 0 Å². The van der Waals surface area contributed by atoms with Crippen molar-refractivity contribution in [2.24, 2.45) is 0 Å². The summed E-state index contributed by atoms with van der Waals surface area (Å²) in [5.74, 6) is -0.0825. The molecule has 3 N–H and O–H groups in total. The van der Waals surface area contributed by atoms with E-state index in [2.05, 4.69) is 16.7 Å². The maximum atomic E-state index is 12.2. The molecule has 1 aromatic heterocycles. The number of amides is 2. The quantitative estimate of drug-likeness (QED) is 0.640. The van der Waals surface area contributed by atoms with E-state index in [1.807, 2.05) is 14.0 Å². The number of rotatable bonds is 8. The minimum atomic E-state index is -0.0941. The number of aryl methyl sites for hydroxylation is 1. The molecule has 2 amide bonds. The number of thiophene rings is 1. The molecular formula is C18H27N4O2S+. The molecule has 1 heterocycles. The van der Waals surface area contributed by atoms with Crippen LogP contribution in [-0.4, -0.2) is 38.5 Å². The van der Waals surface area contributed by atoms with Crippen LogP contribution < -0.4 is 15.5 Å². The summed E-state index contributed by atoms with van der Waals surface area (Å²) in [4.78, 5) is 26.1. The molecule has 25 heavy (non-hydrogen) atoms. The number of nitrogens with one attached hydrogen (secondary N) is 3. The summed E-state index contributed by atoms with van der Waals surface area (Å²) >= 11 is 1.54. The number of carbonyl (C=O) groups is 2. The van der Waals surface area contributed by atoms with Crippen LogP contribution in [0.3, 0.4) is 0 Å². The van der Waals surface area contributed by atoms with Crippen LogP contribution in [-0.2, 0) is 22.4 Å². The van der Waals surface area contributed by atoms with Crippen molar-refractivity contribution < 1.29 is 14.5 Å². The zero-order valence-electron chi connectivity index (χ0n) is 15.0. The Morgan fingerprint density at radius 1 is 1.28 bits per heavy atom. The third kappa shape index (κ3) is 5.55. The van der Waals surface area contributed by atoms with E-state index in [1.165, 1.54) is 4.88 Å². The van der Waals surface area contributed by atoms with Crippen LogP contribution >= 0.6 is 11.3 Å². The fraction of sp³-hybridized carbons (Fsp3) is 0.611. The monoisotopic (exact) mass is 363 g/mol. The smallest absolute Gasteiger partial charge is 0.275 e. The summed E-state index contributed by atoms with van der Waals surface area (Å²) in [6.45, 7) is 3.65. The highest BCUT2D eigenvalue weighted by Crippen LogP contribution is 2.37. The Bertz CT molecular complexity index is 663. The van der Waals surface area contributed by atoms with Crippen LogP contribution in [0.2, 0.25) is 0 Å². The van der Waals surface area contributed by atoms with Crippen molar-refractivity contribution in [2.45, 2.75) is 45.4 Å². The highest BCUT2D eigenvalue weighted by molar-refractivity contribution is 7.16. The summed E-state index contributed by atoms with van der Waals surface area (Å²) in [6, 6.07) is 2.26. The van der Waals surface area contributed by atoms with E-state index in [9.17, 15) is 14.9 Å². The zero-order valence-corrected chi connectivity index (χ0v) is 15.9. The first kappa shape index (κ1) is 19.4. The summed E-state index contributed by atoms with van der Waals surface area (Å²) in [5, 5.41) is 15.9. The van der Waals surface area contributed by atoms with Crippen molar-refractivity contribution in [1.29, 1.82) is 5.26 Å². The van der Waals surface area contributed by atoms with Crippen molar-refractivity contribution in [3.63, 3.8) is 0 Å². The van der Waals surface area contributed by atoms with E-state index in [0.717, 1.165) is 42.6 Å². The average molecular weight is 364 g/mol. The highest BCUT2D eigenvalue weighted by Gasteiger charge is 2.22. The number of hydrogen-bond donors (Lipinski definition) is 3. The van der Waals surface area contributed by atoms with Crippen molar-refractivity contribution in [3.8, 4) is 6.07 Å². The first-order valence-electron chi connectivity index (χ1n) is 8.97. The van der Waals surface area contributed by atoms with Gasteiger partial charge in [0.1, 0.15) is 11.1 Å². The maximum Gasteiger partial charge on any atom is 0.275 e. The lowest BCUT2D eigenvalue weighted by atomic mass is 9.96. The molecule has 1 aromatic rings. The lowest BCUT2D eigenvalue weighted by molar-refractivity contribution is -0.870. The molecule has 136 valence electrons. The Kier molecular flexibility index (Phi) is 7.41. The van der Waals surface area contributed by atoms with Gasteiger partial charge in [0, 0.05) is 11.4 Å². The van der Waals surface area contributed by atoms with Gasteiger partial charge in [0.05, 0.1) is 25.6 Å². The summed E-state index contributed by atoms with van der Waals surface area (Å²) in [7, 11) is 1.91. The van der Waals surface area contributed by atoms with Crippen LogP contribution in [0.15, 0.2) is 0 Å². The molecule has 0 radical (unpaired) electrons. The zero-order chi connectivity index (χ0) is 18.2. The standard InChI is InChI=1S/C18H26N4O2S/c1-3-9-20-17(24)12-22(2)10-8-16(23)21-18-14(11-19)13-6-4-5-7-15(13)25-18/h3-10,12H2,1-2H3,(H,20,24)(H,21,23)/p+1. The summed E-state index contributed by atoms with van der Waals surface area (Å²) in [5.41, 5.74) is 1.78. The number of carbonyl (C=O) groups excluding carboxylic acids is 2. The van der Waals surface area contributed by atoms with Crippen molar-refractivity contribution in [2.75, 3.05) is 32.0 Å². The SMILES string of the molecule is CCCNC(=O)C[NH+](C)CCC(=O)Nc1sc2c(c1C#N)CCCC2. The Morgan fingerprint density at radius 3 is 2.76 bits per heavy atom. The molecule has 1 aliphatic rings. The minimum Gasteiger partial charge on any atom is -0.351 e. The number of hydrogen-bond acceptors (Lipinski definition) is 4. The molecule has 0 saturated carbocycles. The van der Waals surface area contributed by atoms with Crippen molar-refractivity contribution in [1.82, 2.24) is 5.32 Å². The van der Waals surface area contributed by atoms with Gasteiger partial charge in [-0.3, -0.25) is 9.59 Å². The molecule has 7 heteroatoms. The van der Waals surface area contributed by atoms with E-state index in [4.69, 9.17) is 0 Å². The number of quaternary nitrogens is 1. The Labute approximate surface area is 153 Å². The van der Waals surface area contributed by atoms with Gasteiger partial charge in [-0.1, -0.05) is 6.92 Å². The number of likely N-dealkylation sites (N-methyl/N-ethyl adjacent to an activating group) is 1. The number of fused-ring (bicyclic) bond motifs is 1. The molecule has 0 fully saturated rings. The fourth-order valence-electron chi connectivity index (χ4n) is 2.98. The average Bonchev–Trinajstić information content (AvgIpc) is 2.95. The van der Waals surface area contributed by atoms with Crippen molar-refractivity contribution in [3.05, 3.63) is 16.0 Å². The van der Waals surface area contributed by atoms with E-state index in [0.29, 0.717) is 36.6 Å². The molecule has 0 saturated heterocycles. The molecule has 6 nitrogen and oxygen atoms in total. The van der Waals surface area contributed by atoms with Gasteiger partial charge >= 0.3 is 0 Å². The van der Waals surface area contributed by atoms with Crippen LogP contribution in [0.25, 0.3) is 0 Å². The molecular weight excluding hydrogens is 336 g/mol. The molecule has 1 unspecified atom stereocenters. The second-order valence-electron chi connectivity index (χ2n) is 6.56. The Morgan fingerprint density at radius 2 is 2.04 bits per heavy atom. The van der Waals surface area contributed by atoms with Gasteiger partial charge in [-0.15, -0.1) is 11.3 Å². The first-order chi connectivity index (χ1) is 12.0. The lowest BCUT2D eigenvalue weighted by Crippen LogP contribution is -3.10. The van der Waals surface area contributed by atoms with Gasteiger partial charge in [0.25, 0.3) is 5.91 Å². The molecule has 0 bridgehead atoms. The molecule has 1 aliphatic carbocycles. The number of anilines is 1. The van der Waals surface area contributed by atoms with Gasteiger partial charge in [-0.25, -0.2) is 0 Å². The predicted octanol–water partition coefficient (Wildman–Crippen LogP) is 0.868. The van der Waals surface area contributed by atoms with Gasteiger partial charge in [0.2, 0.25) is 5.91 Å². The van der Waals surface area contributed by atoms with Gasteiger partial charge in [-0.05, 0) is 37.7 Å². The predicted molar refractivity (Wildman–Crippen MR) is 98.8 cm³/mol. The minimum absolute atomic E-state index is 0.0115. The molecule has 0 aromatic carbocycles. The second kappa shape index (κ2) is 9.54. The van der Waals surface area contributed by atoms with Gasteiger partial charge < -0.3 is 15.5 Å². The third-order valence-electron chi connectivity index (χ3n) is 4.35. The lowest BCUT2D eigenvalue weighted by Gasteiger charge is -2.13. The summed E-state index contributed by atoms with van der Waals surface area (Å²) in [6.07, 6.45) is 5.45. The Balaban J connectivity index is 1.84. The molecule has 0 spiro atoms. The van der Waals surface area contributed by atoms with Crippen LogP contribution in [0.1, 0.15) is 48.6 Å². The normalized spacial score (nSPS) is 14.3. The largest absolute Gasteiger partial charge is 0.351 e. The van der Waals surface area contributed by atoms with Crippen LogP contribution in [0.4, 0.5) is 5.00 Å². The second-order valence-corrected chi connectivity index (χ2v) is 7.66. The van der Waals surface area contributed by atoms with Crippen LogP contribution in [0.5, 0.6) is 0 Å². The van der Waals surface area contributed by atoms with E-state index in [1.54, 1.807) is 11.3 Å². The van der Waals surface area contributed by atoms with Crippen LogP contribution in [0, 0.1) is 11.3 Å². The molecule has 0 aliphatic heterocycles. The third-order valence-corrected chi connectivity index (χ3v) is 5.56. The number of nitriles is 1. The summed E-state index contributed by atoms with van der Waals surface area (Å²) < 4.78 is 0. The Hall–Kier alpha value is -1.91. The van der Waals surface area contributed by atoms with E-state index in [-0.39, 0.29) is 11.8 Å². The van der Waals surface area contributed by atoms with E-state index >= 15 is 0 Å². The number of nitrogens with zero attached hydrogens (tertiary/aromatic N) is 1. The molecule has 2 rings (SSSR count). The van der Waals surface area contributed by atoms with Gasteiger partial charge in [0.15, 0.2) is 6.54 Å². The van der Waals surface area contributed by atoms with Crippen molar-refractivity contribution >= 4 is 28.2 Å². The first-order valence-corrected chi connectivity index (χ1v) is 9.79. The fourth-order valence-corrected chi connectivity index (χ4v) is 4.23. The maximum absolute atomic E-state index is 12.2. The topological polar surface area (TPSA) is 86.4 Å². The van der Waals surface area contributed by atoms with Gasteiger partial charge in [-0.2, -0.15) is 5.26 Å².